The van der Waals surface area contributed by atoms with Crippen molar-refractivity contribution >= 4 is 11.8 Å². The van der Waals surface area contributed by atoms with E-state index >= 15 is 0 Å². The van der Waals surface area contributed by atoms with E-state index in [9.17, 15) is 5.11 Å². The Labute approximate surface area is 130 Å². The highest BCUT2D eigenvalue weighted by Crippen LogP contribution is 2.22. The van der Waals surface area contributed by atoms with Gasteiger partial charge in [0.05, 0.1) is 0 Å². The van der Waals surface area contributed by atoms with Crippen LogP contribution in [0.1, 0.15) is 16.8 Å². The van der Waals surface area contributed by atoms with E-state index in [1.54, 1.807) is 6.07 Å². The molecule has 4 N–H and O–H groups in total. The summed E-state index contributed by atoms with van der Waals surface area (Å²) in [7, 11) is 0. The number of ether oxygens (including phenoxy) is 1. The summed E-state index contributed by atoms with van der Waals surface area (Å²) >= 11 is 0. The van der Waals surface area contributed by atoms with Gasteiger partial charge in [-0.15, -0.1) is 0 Å². The first-order chi connectivity index (χ1) is 10.5. The second-order valence-electron chi connectivity index (χ2n) is 5.32. The summed E-state index contributed by atoms with van der Waals surface area (Å²) in [5, 5.41) is 13.1. The number of nitrogens with one attached hydrogen (secondary N) is 1. The maximum atomic E-state index is 10.0. The third kappa shape index (κ3) is 4.33. The Kier molecular flexibility index (Phi) is 5.16. The molecule has 0 aliphatic rings. The van der Waals surface area contributed by atoms with Crippen LogP contribution in [0.3, 0.4) is 0 Å². The van der Waals surface area contributed by atoms with Crippen molar-refractivity contribution in [3.63, 3.8) is 0 Å². The molecule has 1 atom stereocenters. The van der Waals surface area contributed by atoms with Gasteiger partial charge in [0.25, 0.3) is 0 Å². The number of nitrogens with two attached hydrogens (primary N) is 1. The summed E-state index contributed by atoms with van der Waals surface area (Å²) in [4.78, 5) is 8.05. The molecule has 1 heterocycles. The minimum Gasteiger partial charge on any atom is -0.490 e. The van der Waals surface area contributed by atoms with Crippen molar-refractivity contribution in [2.24, 2.45) is 0 Å². The van der Waals surface area contributed by atoms with Crippen LogP contribution >= 0.6 is 0 Å². The molecule has 6 nitrogen and oxygen atoms in total. The Hall–Kier alpha value is -2.34. The molecule has 0 radical (unpaired) electrons. The third-order valence-corrected chi connectivity index (χ3v) is 3.22. The molecule has 0 saturated heterocycles. The molecule has 22 heavy (non-hydrogen) atoms. The van der Waals surface area contributed by atoms with E-state index in [0.717, 1.165) is 22.6 Å². The van der Waals surface area contributed by atoms with Gasteiger partial charge in [0.2, 0.25) is 5.95 Å². The number of rotatable bonds is 6. The standard InChI is InChI=1S/C16H22N4O2/c1-10-5-4-6-11(2)15(10)22-9-13(21)8-18-14-7-12(3)19-16(17)20-14/h4-7,13,21H,8-9H2,1-3H3,(H3,17,18,19,20). The van der Waals surface area contributed by atoms with Gasteiger partial charge in [0.1, 0.15) is 24.3 Å². The number of nitrogens with zero attached hydrogens (tertiary/aromatic N) is 2. The van der Waals surface area contributed by atoms with Crippen LogP contribution in [0, 0.1) is 20.8 Å². The van der Waals surface area contributed by atoms with Crippen LogP contribution in [0.5, 0.6) is 5.75 Å². The number of aliphatic hydroxyl groups excluding tert-OH is 1. The van der Waals surface area contributed by atoms with Gasteiger partial charge in [0.15, 0.2) is 0 Å². The first-order valence-electron chi connectivity index (χ1n) is 7.18. The number of para-hydroxylation sites is 1. The second kappa shape index (κ2) is 7.09. The SMILES string of the molecule is Cc1cc(NCC(O)COc2c(C)cccc2C)nc(N)n1. The molecule has 1 aromatic carbocycles. The van der Waals surface area contributed by atoms with Crippen LogP contribution < -0.4 is 15.8 Å². The van der Waals surface area contributed by atoms with E-state index in [1.165, 1.54) is 0 Å². The van der Waals surface area contributed by atoms with Gasteiger partial charge in [-0.3, -0.25) is 0 Å². The van der Waals surface area contributed by atoms with E-state index in [0.29, 0.717) is 12.4 Å². The first-order valence-corrected chi connectivity index (χ1v) is 7.18. The average Bonchev–Trinajstić information content (AvgIpc) is 2.43. The number of hydrogen-bond donors (Lipinski definition) is 3. The van der Waals surface area contributed by atoms with E-state index in [1.807, 2.05) is 39.0 Å². The molecule has 1 aromatic heterocycles. The Morgan fingerprint density at radius 2 is 1.91 bits per heavy atom. The van der Waals surface area contributed by atoms with Crippen LogP contribution in [0.25, 0.3) is 0 Å². The van der Waals surface area contributed by atoms with Crippen LogP contribution in [0.2, 0.25) is 0 Å². The number of nitrogen functional groups attached to an aromatic ring is 1. The highest BCUT2D eigenvalue weighted by atomic mass is 16.5. The number of anilines is 2. The lowest BCUT2D eigenvalue weighted by Gasteiger charge is -2.16. The van der Waals surface area contributed by atoms with Crippen molar-refractivity contribution in [1.82, 2.24) is 9.97 Å². The summed E-state index contributed by atoms with van der Waals surface area (Å²) in [6.45, 7) is 6.33. The molecule has 6 heteroatoms. The molecule has 0 bridgehead atoms. The molecule has 2 rings (SSSR count). The van der Waals surface area contributed by atoms with Gasteiger partial charge < -0.3 is 20.9 Å². The van der Waals surface area contributed by atoms with E-state index < -0.39 is 6.10 Å². The molecule has 118 valence electrons. The summed E-state index contributed by atoms with van der Waals surface area (Å²) in [6.07, 6.45) is -0.657. The Balaban J connectivity index is 1.87. The molecule has 1 unspecified atom stereocenters. The zero-order chi connectivity index (χ0) is 16.1. The van der Waals surface area contributed by atoms with Crippen molar-refractivity contribution in [2.75, 3.05) is 24.2 Å². The molecule has 0 amide bonds. The number of aryl methyl sites for hydroxylation is 3. The molecule has 2 aromatic rings. The number of hydrogen-bond acceptors (Lipinski definition) is 6. The molecular formula is C16H22N4O2. The quantitative estimate of drug-likeness (QED) is 0.754. The molecular weight excluding hydrogens is 280 g/mol. The topological polar surface area (TPSA) is 93.3 Å². The Morgan fingerprint density at radius 1 is 1.23 bits per heavy atom. The van der Waals surface area contributed by atoms with Gasteiger partial charge in [-0.05, 0) is 31.9 Å². The zero-order valence-electron chi connectivity index (χ0n) is 13.1. The maximum Gasteiger partial charge on any atom is 0.222 e. The highest BCUT2D eigenvalue weighted by molar-refractivity contribution is 5.41. The monoisotopic (exact) mass is 302 g/mol. The summed E-state index contributed by atoms with van der Waals surface area (Å²) < 4.78 is 5.72. The van der Waals surface area contributed by atoms with E-state index in [2.05, 4.69) is 15.3 Å². The number of aromatic nitrogens is 2. The lowest BCUT2D eigenvalue weighted by Crippen LogP contribution is -2.27. The third-order valence-electron chi connectivity index (χ3n) is 3.22. The van der Waals surface area contributed by atoms with Crippen LogP contribution in [-0.4, -0.2) is 34.3 Å². The zero-order valence-corrected chi connectivity index (χ0v) is 13.1. The lowest BCUT2D eigenvalue weighted by atomic mass is 10.1. The first kappa shape index (κ1) is 16.0. The normalized spacial score (nSPS) is 12.0. The van der Waals surface area contributed by atoms with Gasteiger partial charge in [0, 0.05) is 18.3 Å². The van der Waals surface area contributed by atoms with Gasteiger partial charge in [-0.25, -0.2) is 4.98 Å². The predicted molar refractivity (Wildman–Crippen MR) is 87.1 cm³/mol. The van der Waals surface area contributed by atoms with E-state index in [4.69, 9.17) is 10.5 Å². The number of aliphatic hydroxyl groups is 1. The van der Waals surface area contributed by atoms with Crippen molar-refractivity contribution in [2.45, 2.75) is 26.9 Å². The predicted octanol–water partition coefficient (Wildman–Crippen LogP) is 1.84. The molecule has 0 fully saturated rings. The maximum absolute atomic E-state index is 10.0. The van der Waals surface area contributed by atoms with Crippen molar-refractivity contribution < 1.29 is 9.84 Å². The van der Waals surface area contributed by atoms with Gasteiger partial charge in [-0.2, -0.15) is 4.98 Å². The minimum absolute atomic E-state index is 0.207. The largest absolute Gasteiger partial charge is 0.490 e. The van der Waals surface area contributed by atoms with Crippen LogP contribution in [0.15, 0.2) is 24.3 Å². The van der Waals surface area contributed by atoms with E-state index in [-0.39, 0.29) is 12.6 Å². The fraction of sp³-hybridized carbons (Fsp3) is 0.375. The Bertz CT molecular complexity index is 606. The van der Waals surface area contributed by atoms with Gasteiger partial charge >= 0.3 is 0 Å². The molecule has 0 spiro atoms. The second-order valence-corrected chi connectivity index (χ2v) is 5.32. The molecule has 0 aliphatic carbocycles. The summed E-state index contributed by atoms with van der Waals surface area (Å²) in [5.74, 6) is 1.63. The number of benzene rings is 1. The van der Waals surface area contributed by atoms with Crippen molar-refractivity contribution in [1.29, 1.82) is 0 Å². The summed E-state index contributed by atoms with van der Waals surface area (Å²) in [6, 6.07) is 7.73. The lowest BCUT2D eigenvalue weighted by molar-refractivity contribution is 0.116. The van der Waals surface area contributed by atoms with Gasteiger partial charge in [-0.1, -0.05) is 18.2 Å². The smallest absolute Gasteiger partial charge is 0.222 e. The fourth-order valence-corrected chi connectivity index (χ4v) is 2.17. The minimum atomic E-state index is -0.657. The summed E-state index contributed by atoms with van der Waals surface area (Å²) in [5.41, 5.74) is 8.47. The molecule has 0 aliphatic heterocycles. The highest BCUT2D eigenvalue weighted by Gasteiger charge is 2.09. The average molecular weight is 302 g/mol. The Morgan fingerprint density at radius 3 is 2.55 bits per heavy atom. The fourth-order valence-electron chi connectivity index (χ4n) is 2.17. The molecule has 0 saturated carbocycles. The van der Waals surface area contributed by atoms with Crippen LogP contribution in [-0.2, 0) is 0 Å². The van der Waals surface area contributed by atoms with Crippen molar-refractivity contribution in [3.8, 4) is 5.75 Å². The van der Waals surface area contributed by atoms with Crippen molar-refractivity contribution in [3.05, 3.63) is 41.1 Å². The van der Waals surface area contributed by atoms with Crippen LogP contribution in [0.4, 0.5) is 11.8 Å².